The quantitative estimate of drug-likeness (QED) is 0.354. The first-order valence-corrected chi connectivity index (χ1v) is 13.2. The summed E-state index contributed by atoms with van der Waals surface area (Å²) >= 11 is 0. The highest BCUT2D eigenvalue weighted by molar-refractivity contribution is 5.68. The molecule has 1 aliphatic carbocycles. The van der Waals surface area contributed by atoms with Crippen LogP contribution in [0.1, 0.15) is 42.8 Å². The third-order valence-corrected chi connectivity index (χ3v) is 8.19. The van der Waals surface area contributed by atoms with Crippen LogP contribution in [0.4, 0.5) is 29.0 Å². The molecule has 2 aromatic heterocycles. The normalized spacial score (nSPS) is 26.6. The van der Waals surface area contributed by atoms with Crippen LogP contribution in [0.3, 0.4) is 0 Å². The van der Waals surface area contributed by atoms with Gasteiger partial charge in [-0.3, -0.25) is 0 Å². The van der Waals surface area contributed by atoms with E-state index in [2.05, 4.69) is 45.2 Å². The van der Waals surface area contributed by atoms with Crippen molar-refractivity contribution >= 4 is 29.0 Å². The van der Waals surface area contributed by atoms with Crippen molar-refractivity contribution in [1.29, 1.82) is 0 Å². The molecule has 1 aromatic carbocycles. The van der Waals surface area contributed by atoms with Crippen molar-refractivity contribution in [2.75, 3.05) is 50.0 Å². The van der Waals surface area contributed by atoms with Crippen molar-refractivity contribution in [3.63, 3.8) is 0 Å². The summed E-state index contributed by atoms with van der Waals surface area (Å²) in [7, 11) is 2.15. The van der Waals surface area contributed by atoms with Crippen LogP contribution in [-0.2, 0) is 12.0 Å². The van der Waals surface area contributed by atoms with Crippen LogP contribution in [-0.4, -0.2) is 69.8 Å². The second kappa shape index (κ2) is 9.33. The minimum absolute atomic E-state index is 0.0886. The van der Waals surface area contributed by atoms with E-state index < -0.39 is 11.8 Å². The number of piperazine rings is 1. The number of hydrogen-bond donors (Lipinski definition) is 3. The maximum absolute atomic E-state index is 11.2. The van der Waals surface area contributed by atoms with Gasteiger partial charge in [-0.15, -0.1) is 6.42 Å². The molecule has 196 valence electrons. The molecule has 0 radical (unpaired) electrons. The lowest BCUT2D eigenvalue weighted by molar-refractivity contribution is 0.0132. The largest absolute Gasteiger partial charge is 0.384 e. The third-order valence-electron chi connectivity index (χ3n) is 8.19. The Morgan fingerprint density at radius 1 is 1.13 bits per heavy atom. The summed E-state index contributed by atoms with van der Waals surface area (Å²) in [6.45, 7) is 6.12. The Labute approximate surface area is 223 Å². The Morgan fingerprint density at radius 2 is 1.89 bits per heavy atom. The topological polar surface area (TPSA) is 97.6 Å². The van der Waals surface area contributed by atoms with Crippen molar-refractivity contribution in [2.24, 2.45) is 0 Å². The number of rotatable bonds is 5. The summed E-state index contributed by atoms with van der Waals surface area (Å²) in [5.74, 6) is 4.32. The number of likely N-dealkylation sites (N-methyl/N-ethyl adjacent to an activating group) is 1. The standard InChI is InChI=1S/C29H34N7O2/c1-4-18-36(24-12-7-20-6-5-13-29(2,38)25(20)32-24)26-23(27(36)37)19-30-28(33-26)31-21-8-10-22(11-9-21)35-16-14-34(3)15-17-35/h1,7-12,19,27,37-38H,5-6,13-18H2,2-3H3,(H,30,31,33)/q+1. The zero-order valence-electron chi connectivity index (χ0n) is 21.9. The molecule has 6 rings (SSSR count). The first-order chi connectivity index (χ1) is 18.3. The van der Waals surface area contributed by atoms with Crippen LogP contribution in [0, 0.1) is 12.3 Å². The van der Waals surface area contributed by atoms with E-state index in [1.54, 1.807) is 13.1 Å². The number of aliphatic hydroxyl groups excluding tert-OH is 1. The fraction of sp³-hybridized carbons (Fsp3) is 0.414. The number of pyridine rings is 1. The molecule has 1 fully saturated rings. The SMILES string of the molecule is C#CC[N+]1(c2ccc3c(n2)C(C)(O)CCC3)c2nc(Nc3ccc(N4CCN(C)CC4)cc3)ncc2C1O. The highest BCUT2D eigenvalue weighted by atomic mass is 16.3. The molecule has 9 nitrogen and oxygen atoms in total. The van der Waals surface area contributed by atoms with Gasteiger partial charge in [0.2, 0.25) is 18.0 Å². The van der Waals surface area contributed by atoms with Gasteiger partial charge in [0.25, 0.3) is 5.82 Å². The molecule has 0 spiro atoms. The maximum atomic E-state index is 11.2. The molecule has 3 unspecified atom stereocenters. The Balaban J connectivity index is 1.29. The van der Waals surface area contributed by atoms with Crippen molar-refractivity contribution < 1.29 is 10.2 Å². The maximum Gasteiger partial charge on any atom is 0.254 e. The monoisotopic (exact) mass is 512 g/mol. The fourth-order valence-electron chi connectivity index (χ4n) is 5.91. The molecule has 38 heavy (non-hydrogen) atoms. The second-order valence-electron chi connectivity index (χ2n) is 10.8. The van der Waals surface area contributed by atoms with Crippen LogP contribution in [0.2, 0.25) is 0 Å². The van der Waals surface area contributed by atoms with E-state index in [4.69, 9.17) is 16.4 Å². The molecule has 3 aliphatic rings. The number of quaternary nitrogens is 1. The molecule has 2 aliphatic heterocycles. The molecule has 9 heteroatoms. The van der Waals surface area contributed by atoms with Gasteiger partial charge in [0, 0.05) is 43.6 Å². The Hall–Kier alpha value is -3.55. The number of nitrogens with zero attached hydrogens (tertiary/aromatic N) is 6. The molecule has 1 saturated heterocycles. The van der Waals surface area contributed by atoms with Crippen LogP contribution in [0.5, 0.6) is 0 Å². The third kappa shape index (κ3) is 4.01. The highest BCUT2D eigenvalue weighted by Gasteiger charge is 2.57. The summed E-state index contributed by atoms with van der Waals surface area (Å²) in [6, 6.07) is 12.2. The van der Waals surface area contributed by atoms with Crippen LogP contribution in [0.25, 0.3) is 0 Å². The van der Waals surface area contributed by atoms with Crippen molar-refractivity contribution in [3.8, 4) is 12.3 Å². The minimum atomic E-state index is -1.02. The molecule has 3 atom stereocenters. The van der Waals surface area contributed by atoms with E-state index in [1.807, 2.05) is 24.3 Å². The summed E-state index contributed by atoms with van der Waals surface area (Å²) in [6.07, 6.45) is 8.94. The number of benzene rings is 1. The number of anilines is 3. The predicted molar refractivity (Wildman–Crippen MR) is 148 cm³/mol. The lowest BCUT2D eigenvalue weighted by Gasteiger charge is -2.45. The van der Waals surface area contributed by atoms with Gasteiger partial charge in [-0.2, -0.15) is 14.5 Å². The minimum Gasteiger partial charge on any atom is -0.384 e. The highest BCUT2D eigenvalue weighted by Crippen LogP contribution is 2.53. The van der Waals surface area contributed by atoms with Gasteiger partial charge in [-0.05, 0) is 75.0 Å². The van der Waals surface area contributed by atoms with Crippen molar-refractivity contribution in [3.05, 3.63) is 59.4 Å². The van der Waals surface area contributed by atoms with Gasteiger partial charge in [0.15, 0.2) is 6.54 Å². The first kappa shape index (κ1) is 24.8. The van der Waals surface area contributed by atoms with Gasteiger partial charge >= 0.3 is 0 Å². The zero-order chi connectivity index (χ0) is 26.5. The second-order valence-corrected chi connectivity index (χ2v) is 10.8. The molecule has 0 saturated carbocycles. The summed E-state index contributed by atoms with van der Waals surface area (Å²) < 4.78 is -0.0886. The molecular weight excluding hydrogens is 478 g/mol. The first-order valence-electron chi connectivity index (χ1n) is 13.2. The van der Waals surface area contributed by atoms with Crippen molar-refractivity contribution in [2.45, 2.75) is 38.0 Å². The van der Waals surface area contributed by atoms with Gasteiger partial charge in [0.1, 0.15) is 11.2 Å². The Kier molecular flexibility index (Phi) is 6.08. The number of aliphatic hydroxyl groups is 2. The fourth-order valence-corrected chi connectivity index (χ4v) is 5.91. The molecule has 3 aromatic rings. The van der Waals surface area contributed by atoms with Crippen LogP contribution < -0.4 is 14.7 Å². The number of hydrogen-bond acceptors (Lipinski definition) is 8. The average Bonchev–Trinajstić information content (AvgIpc) is 2.92. The lowest BCUT2D eigenvalue weighted by Crippen LogP contribution is -2.56. The van der Waals surface area contributed by atoms with Gasteiger partial charge < -0.3 is 25.3 Å². The van der Waals surface area contributed by atoms with Crippen LogP contribution in [0.15, 0.2) is 42.6 Å². The summed E-state index contributed by atoms with van der Waals surface area (Å²) in [5.41, 5.74) is 3.37. The predicted octanol–water partition coefficient (Wildman–Crippen LogP) is 3.19. The molecule has 0 bridgehead atoms. The van der Waals surface area contributed by atoms with E-state index in [0.29, 0.717) is 35.3 Å². The number of aromatic nitrogens is 3. The molecule has 3 N–H and O–H groups in total. The van der Waals surface area contributed by atoms with E-state index in [-0.39, 0.29) is 11.0 Å². The molecule has 4 heterocycles. The summed E-state index contributed by atoms with van der Waals surface area (Å²) in [4.78, 5) is 18.9. The smallest absolute Gasteiger partial charge is 0.254 e. The number of terminal acetylenes is 1. The Bertz CT molecular complexity index is 1390. The number of nitrogens with one attached hydrogen (secondary N) is 1. The zero-order valence-corrected chi connectivity index (χ0v) is 21.9. The average molecular weight is 513 g/mol. The number of fused-ring (bicyclic) bond motifs is 2. The van der Waals surface area contributed by atoms with E-state index in [1.165, 1.54) is 5.69 Å². The molecule has 0 amide bonds. The lowest BCUT2D eigenvalue weighted by atomic mass is 9.84. The van der Waals surface area contributed by atoms with Crippen molar-refractivity contribution in [1.82, 2.24) is 24.3 Å². The van der Waals surface area contributed by atoms with Gasteiger partial charge in [-0.25, -0.2) is 4.98 Å². The van der Waals surface area contributed by atoms with E-state index in [0.717, 1.165) is 50.3 Å². The summed E-state index contributed by atoms with van der Waals surface area (Å²) in [5, 5.41) is 25.6. The van der Waals surface area contributed by atoms with Crippen LogP contribution >= 0.6 is 0 Å². The van der Waals surface area contributed by atoms with E-state index in [9.17, 15) is 10.2 Å². The van der Waals surface area contributed by atoms with Gasteiger partial charge in [0.05, 0.1) is 11.9 Å². The van der Waals surface area contributed by atoms with E-state index >= 15 is 0 Å². The number of aryl methyl sites for hydroxylation is 1. The molecular formula is C29H34N7O2+. The Morgan fingerprint density at radius 3 is 2.63 bits per heavy atom. The van der Waals surface area contributed by atoms with Gasteiger partial charge in [-0.1, -0.05) is 0 Å².